The first kappa shape index (κ1) is 23.9. The SMILES string of the molecule is CCS(=O)(=O)O.NC(=O)Cc1c(-c2ccccc2)c(-c2ccccc2)nn1-c1ccccc1. The first-order valence-electron chi connectivity index (χ1n) is 10.3. The van der Waals surface area contributed by atoms with Crippen molar-refractivity contribution in [3.63, 3.8) is 0 Å². The molecule has 1 amide bonds. The van der Waals surface area contributed by atoms with Crippen LogP contribution in [0.25, 0.3) is 28.1 Å². The molecule has 7 nitrogen and oxygen atoms in total. The number of hydrogen-bond acceptors (Lipinski definition) is 4. The molecule has 8 heteroatoms. The molecule has 0 fully saturated rings. The van der Waals surface area contributed by atoms with Gasteiger partial charge in [0.25, 0.3) is 10.1 Å². The molecule has 0 saturated carbocycles. The Balaban J connectivity index is 0.000000454. The molecule has 0 saturated heterocycles. The van der Waals surface area contributed by atoms with Gasteiger partial charge in [0.1, 0.15) is 5.69 Å². The van der Waals surface area contributed by atoms with E-state index in [1.807, 2.05) is 95.7 Å². The van der Waals surface area contributed by atoms with Gasteiger partial charge in [-0.2, -0.15) is 13.5 Å². The second-order valence-electron chi connectivity index (χ2n) is 7.16. The van der Waals surface area contributed by atoms with Crippen LogP contribution in [-0.4, -0.2) is 34.4 Å². The zero-order chi connectivity index (χ0) is 23.8. The molecule has 0 atom stereocenters. The van der Waals surface area contributed by atoms with Crippen molar-refractivity contribution in [2.75, 3.05) is 5.75 Å². The molecule has 3 aromatic carbocycles. The first-order chi connectivity index (χ1) is 15.8. The number of primary amides is 1. The van der Waals surface area contributed by atoms with Crippen LogP contribution in [0, 0.1) is 0 Å². The fraction of sp³-hybridized carbons (Fsp3) is 0.120. The summed E-state index contributed by atoms with van der Waals surface area (Å²) >= 11 is 0. The van der Waals surface area contributed by atoms with Gasteiger partial charge in [0, 0.05) is 11.1 Å². The number of hydrogen-bond donors (Lipinski definition) is 2. The molecular formula is C25H25N3O4S. The Morgan fingerprint density at radius 3 is 1.79 bits per heavy atom. The van der Waals surface area contributed by atoms with Gasteiger partial charge < -0.3 is 5.73 Å². The van der Waals surface area contributed by atoms with Crippen molar-refractivity contribution in [1.82, 2.24) is 9.78 Å². The molecule has 170 valence electrons. The highest BCUT2D eigenvalue weighted by Gasteiger charge is 2.22. The summed E-state index contributed by atoms with van der Waals surface area (Å²) in [5.74, 6) is -0.587. The minimum absolute atomic E-state index is 0.110. The lowest BCUT2D eigenvalue weighted by Crippen LogP contribution is -2.17. The van der Waals surface area contributed by atoms with Crippen LogP contribution < -0.4 is 5.73 Å². The Kier molecular flexibility index (Phi) is 7.76. The minimum Gasteiger partial charge on any atom is -0.369 e. The van der Waals surface area contributed by atoms with Crippen LogP contribution in [0.4, 0.5) is 0 Å². The Morgan fingerprint density at radius 1 is 0.879 bits per heavy atom. The van der Waals surface area contributed by atoms with Crippen molar-refractivity contribution in [2.24, 2.45) is 5.73 Å². The summed E-state index contributed by atoms with van der Waals surface area (Å²) in [5.41, 5.74) is 11.0. The van der Waals surface area contributed by atoms with Crippen molar-refractivity contribution < 1.29 is 17.8 Å². The third-order valence-corrected chi connectivity index (χ3v) is 5.53. The third-order valence-electron chi connectivity index (χ3n) is 4.80. The molecule has 0 bridgehead atoms. The van der Waals surface area contributed by atoms with E-state index in [-0.39, 0.29) is 18.1 Å². The first-order valence-corrected chi connectivity index (χ1v) is 11.9. The maximum Gasteiger partial charge on any atom is 0.264 e. The molecule has 0 aliphatic carbocycles. The van der Waals surface area contributed by atoms with E-state index < -0.39 is 10.1 Å². The lowest BCUT2D eigenvalue weighted by molar-refractivity contribution is -0.117. The monoisotopic (exact) mass is 463 g/mol. The highest BCUT2D eigenvalue weighted by molar-refractivity contribution is 7.85. The van der Waals surface area contributed by atoms with Gasteiger partial charge in [-0.25, -0.2) is 4.68 Å². The summed E-state index contributed by atoms with van der Waals surface area (Å²) in [5, 5.41) is 4.89. The summed E-state index contributed by atoms with van der Waals surface area (Å²) in [6.45, 7) is 1.37. The maximum atomic E-state index is 11.9. The van der Waals surface area contributed by atoms with Crippen LogP contribution >= 0.6 is 0 Å². The summed E-state index contributed by atoms with van der Waals surface area (Å²) in [6, 6.07) is 29.8. The van der Waals surface area contributed by atoms with Gasteiger partial charge in [0.2, 0.25) is 5.91 Å². The fourth-order valence-electron chi connectivity index (χ4n) is 3.27. The second kappa shape index (κ2) is 10.7. The van der Waals surface area contributed by atoms with Gasteiger partial charge in [-0.05, 0) is 24.6 Å². The quantitative estimate of drug-likeness (QED) is 0.417. The normalized spacial score (nSPS) is 10.8. The summed E-state index contributed by atoms with van der Waals surface area (Å²) < 4.78 is 28.7. The molecule has 3 N–H and O–H groups in total. The molecule has 33 heavy (non-hydrogen) atoms. The van der Waals surface area contributed by atoms with Crippen LogP contribution in [0.2, 0.25) is 0 Å². The molecule has 0 radical (unpaired) electrons. The fourth-order valence-corrected chi connectivity index (χ4v) is 3.27. The highest BCUT2D eigenvalue weighted by Crippen LogP contribution is 2.36. The summed E-state index contributed by atoms with van der Waals surface area (Å²) in [6.07, 6.45) is 0.110. The smallest absolute Gasteiger partial charge is 0.264 e. The van der Waals surface area contributed by atoms with Gasteiger partial charge >= 0.3 is 0 Å². The Labute approximate surface area is 193 Å². The number of nitrogens with zero attached hydrogens (tertiary/aromatic N) is 2. The summed E-state index contributed by atoms with van der Waals surface area (Å²) in [4.78, 5) is 11.9. The van der Waals surface area contributed by atoms with Crippen LogP contribution in [0.15, 0.2) is 91.0 Å². The predicted molar refractivity (Wildman–Crippen MR) is 129 cm³/mol. The van der Waals surface area contributed by atoms with Crippen LogP contribution in [-0.2, 0) is 21.3 Å². The van der Waals surface area contributed by atoms with Gasteiger partial charge in [-0.15, -0.1) is 0 Å². The van der Waals surface area contributed by atoms with Crippen molar-refractivity contribution >= 4 is 16.0 Å². The largest absolute Gasteiger partial charge is 0.369 e. The lowest BCUT2D eigenvalue weighted by Gasteiger charge is -2.09. The van der Waals surface area contributed by atoms with Crippen LogP contribution in [0.5, 0.6) is 0 Å². The molecule has 0 aliphatic rings. The maximum absolute atomic E-state index is 11.9. The molecule has 0 aliphatic heterocycles. The van der Waals surface area contributed by atoms with E-state index in [1.54, 1.807) is 0 Å². The molecule has 1 aromatic heterocycles. The molecule has 1 heterocycles. The number of para-hydroxylation sites is 1. The van der Waals surface area contributed by atoms with E-state index in [0.29, 0.717) is 0 Å². The van der Waals surface area contributed by atoms with Crippen molar-refractivity contribution in [2.45, 2.75) is 13.3 Å². The standard InChI is InChI=1S/C23H19N3O.C2H6O3S/c24-21(27)16-20-22(17-10-4-1-5-11-17)23(18-12-6-2-7-13-18)25-26(20)19-14-8-3-9-15-19;1-2-6(3,4)5/h1-15H,16H2,(H2,24,27);2H2,1H3,(H,3,4,5). The van der Waals surface area contributed by atoms with E-state index in [1.165, 1.54) is 6.92 Å². The minimum atomic E-state index is -3.66. The van der Waals surface area contributed by atoms with Crippen LogP contribution in [0.3, 0.4) is 0 Å². The van der Waals surface area contributed by atoms with E-state index >= 15 is 0 Å². The van der Waals surface area contributed by atoms with Gasteiger partial charge in [-0.1, -0.05) is 78.9 Å². The van der Waals surface area contributed by atoms with Gasteiger partial charge in [0.05, 0.1) is 23.6 Å². The van der Waals surface area contributed by atoms with Crippen molar-refractivity contribution in [3.05, 3.63) is 96.7 Å². The molecule has 4 rings (SSSR count). The zero-order valence-corrected chi connectivity index (χ0v) is 18.9. The number of benzene rings is 3. The van der Waals surface area contributed by atoms with Crippen LogP contribution in [0.1, 0.15) is 12.6 Å². The van der Waals surface area contributed by atoms with Crippen molar-refractivity contribution in [3.8, 4) is 28.1 Å². The number of nitrogens with two attached hydrogens (primary N) is 1. The Bertz CT molecular complexity index is 1300. The molecule has 4 aromatic rings. The Morgan fingerprint density at radius 2 is 1.33 bits per heavy atom. The van der Waals surface area contributed by atoms with E-state index in [2.05, 4.69) is 0 Å². The molecule has 0 unspecified atom stereocenters. The average molecular weight is 464 g/mol. The highest BCUT2D eigenvalue weighted by atomic mass is 32.2. The number of aromatic nitrogens is 2. The number of amides is 1. The van der Waals surface area contributed by atoms with E-state index in [9.17, 15) is 13.2 Å². The number of rotatable bonds is 6. The van der Waals surface area contributed by atoms with E-state index in [0.717, 1.165) is 33.8 Å². The topological polar surface area (TPSA) is 115 Å². The van der Waals surface area contributed by atoms with E-state index in [4.69, 9.17) is 15.4 Å². The molecular weight excluding hydrogens is 438 g/mol. The number of carbonyl (C=O) groups is 1. The Hall–Kier alpha value is -3.75. The predicted octanol–water partition coefficient (Wildman–Crippen LogP) is 4.13. The van der Waals surface area contributed by atoms with Crippen molar-refractivity contribution in [1.29, 1.82) is 0 Å². The second-order valence-corrected chi connectivity index (χ2v) is 8.90. The van der Waals surface area contributed by atoms with Gasteiger partial charge in [-0.3, -0.25) is 9.35 Å². The molecule has 0 spiro atoms. The van der Waals surface area contributed by atoms with Gasteiger partial charge in [0.15, 0.2) is 0 Å². The summed E-state index contributed by atoms with van der Waals surface area (Å²) in [7, 11) is -3.66. The lowest BCUT2D eigenvalue weighted by atomic mass is 9.97. The average Bonchev–Trinajstić information content (AvgIpc) is 3.19. The third kappa shape index (κ3) is 6.38. The number of carbonyl (C=O) groups excluding carboxylic acids is 1. The zero-order valence-electron chi connectivity index (χ0n) is 18.1.